The van der Waals surface area contributed by atoms with Crippen LogP contribution in [0, 0.1) is 0 Å². The van der Waals surface area contributed by atoms with Gasteiger partial charge < -0.3 is 31.5 Å². The zero-order valence-electron chi connectivity index (χ0n) is 75.5. The summed E-state index contributed by atoms with van der Waals surface area (Å²) in [4.78, 5) is 31.0. The number of hydrogen-bond acceptors (Lipinski definition) is 9. The molecule has 0 saturated heterocycles. The summed E-state index contributed by atoms with van der Waals surface area (Å²) >= 11 is 0. The maximum atomic E-state index is 6.43. The van der Waals surface area contributed by atoms with Crippen molar-refractivity contribution in [3.8, 4) is 79.8 Å². The van der Waals surface area contributed by atoms with E-state index in [0.717, 1.165) is 144 Å². The summed E-state index contributed by atoms with van der Waals surface area (Å²) in [5.41, 5.74) is 26.8. The Bertz CT molecular complexity index is 10200. The molecule has 0 aliphatic carbocycles. The van der Waals surface area contributed by atoms with Gasteiger partial charge in [0.2, 0.25) is 17.1 Å². The summed E-state index contributed by atoms with van der Waals surface area (Å²) in [7, 11) is 0. The van der Waals surface area contributed by atoms with Crippen LogP contribution in [-0.2, 0) is 0 Å². The SMILES string of the molecule is c1cc(-c2nc(-n3c4ccccc4c4ccccc43)c3c(n2)oc2ccccc23)cc(-n2c3ccccc3c3ccccc32)c1.c1ccc2c(c1)oc1nc(-c3ccc(-n4c5ccccc5c5ccccc54)cc3)nc(-c3ccc(-n4c5ccccc5c5ccccc54)cc3)c12.c1ccc2c(c1)oc1nc(-c3ccc(-n4c5ccccc5c5ccccc54)cc3)nc(-n3c4ccccc4c4ccccc43)c12. The Morgan fingerprint density at radius 1 is 0.149 bits per heavy atom. The van der Waals surface area contributed by atoms with Crippen molar-refractivity contribution < 1.29 is 13.3 Å². The quantitative estimate of drug-likeness (QED) is 0.131. The molecule has 0 N–H and O–H groups in total. The Kier molecular flexibility index (Phi) is 17.7. The molecule has 658 valence electrons. The molecule has 31 aromatic rings. The standard InChI is InChI=1S/C46H28N4O.2C40H24N4O/c1-6-16-38-33(11-1)34-12-2-7-17-39(34)49(38)31-25-21-29(22-26-31)44-43-37-15-5-10-20-42(37)51-46(43)48-45(47-44)30-23-27-32(28-24-30)50-40-18-8-3-13-35(40)36-14-4-9-19-41(36)50;1-6-19-32-27(14-1)28-15-2-7-20-33(28)43(32)26-13-11-12-25(24-26)38-41-39(37-31-18-5-10-23-36(31)45-40(37)42-38)44-34-21-8-3-16-29(34)30-17-4-9-22-35(30)44;1-6-16-32-27(11-1)28-12-2-7-17-33(28)43(32)26-23-21-25(22-24-26)38-41-39(37-31-15-5-10-20-36(31)45-40(37)42-38)44-34-18-8-3-13-29(34)30-14-4-9-19-35(30)44/h1-28H;2*1-24H. The monoisotopic (exact) mass is 1800 g/mol. The van der Waals surface area contributed by atoms with Crippen LogP contribution in [0.4, 0.5) is 0 Å². The van der Waals surface area contributed by atoms with Crippen molar-refractivity contribution >= 4 is 197 Å². The zero-order valence-corrected chi connectivity index (χ0v) is 75.5. The van der Waals surface area contributed by atoms with Gasteiger partial charge in [0.05, 0.1) is 88.1 Å². The van der Waals surface area contributed by atoms with Gasteiger partial charge in [-0.15, -0.1) is 0 Å². The molecule has 19 aromatic carbocycles. The molecule has 0 atom stereocenters. The van der Waals surface area contributed by atoms with Crippen LogP contribution in [0.5, 0.6) is 0 Å². The van der Waals surface area contributed by atoms with E-state index in [1.54, 1.807) is 0 Å². The predicted octanol–water partition coefficient (Wildman–Crippen LogP) is 32.4. The third kappa shape index (κ3) is 12.4. The molecule has 0 radical (unpaired) electrons. The van der Waals surface area contributed by atoms with Gasteiger partial charge in [-0.1, -0.05) is 297 Å². The molecule has 15 heteroatoms. The van der Waals surface area contributed by atoms with E-state index in [1.807, 2.05) is 54.6 Å². The lowest BCUT2D eigenvalue weighted by molar-refractivity contribution is 0.652. The first-order valence-electron chi connectivity index (χ1n) is 47.4. The van der Waals surface area contributed by atoms with Crippen molar-refractivity contribution in [1.29, 1.82) is 0 Å². The molecule has 0 saturated carbocycles. The second-order valence-electron chi connectivity index (χ2n) is 35.9. The Morgan fingerprint density at radius 3 is 0.660 bits per heavy atom. The molecule has 0 aliphatic rings. The van der Waals surface area contributed by atoms with Gasteiger partial charge >= 0.3 is 0 Å². The van der Waals surface area contributed by atoms with Crippen molar-refractivity contribution in [2.24, 2.45) is 0 Å². The predicted molar refractivity (Wildman–Crippen MR) is 576 cm³/mol. The third-order valence-corrected chi connectivity index (χ3v) is 28.1. The van der Waals surface area contributed by atoms with Gasteiger partial charge in [0.15, 0.2) is 29.1 Å². The normalized spacial score (nSPS) is 12.0. The van der Waals surface area contributed by atoms with Crippen molar-refractivity contribution in [2.45, 2.75) is 0 Å². The Labute approximate surface area is 803 Å². The zero-order chi connectivity index (χ0) is 92.4. The van der Waals surface area contributed by atoms with Gasteiger partial charge in [0.25, 0.3) is 0 Å². The fourth-order valence-corrected chi connectivity index (χ4v) is 21.9. The first kappa shape index (κ1) is 79.0. The van der Waals surface area contributed by atoms with Crippen LogP contribution >= 0.6 is 0 Å². The van der Waals surface area contributed by atoms with Gasteiger partial charge in [-0.05, 0) is 164 Å². The third-order valence-electron chi connectivity index (χ3n) is 28.1. The molecule has 15 nitrogen and oxygen atoms in total. The topological polar surface area (TPSA) is 146 Å². The van der Waals surface area contributed by atoms with Crippen LogP contribution in [0.25, 0.3) is 277 Å². The first-order chi connectivity index (χ1) is 70.0. The Morgan fingerprint density at radius 2 is 0.369 bits per heavy atom. The van der Waals surface area contributed by atoms with E-state index < -0.39 is 0 Å². The van der Waals surface area contributed by atoms with Crippen LogP contribution in [0.2, 0.25) is 0 Å². The lowest BCUT2D eigenvalue weighted by Gasteiger charge is -2.12. The fraction of sp³-hybridized carbons (Fsp3) is 0. The van der Waals surface area contributed by atoms with Gasteiger partial charge in [-0.3, -0.25) is 9.13 Å². The van der Waals surface area contributed by atoms with Crippen LogP contribution in [0.1, 0.15) is 0 Å². The largest absolute Gasteiger partial charge is 0.438 e. The Balaban J connectivity index is 0.000000102. The molecule has 31 rings (SSSR count). The fourth-order valence-electron chi connectivity index (χ4n) is 21.9. The molecule has 141 heavy (non-hydrogen) atoms. The minimum Gasteiger partial charge on any atom is -0.438 e. The minimum atomic E-state index is 0.570. The molecular weight excluding hydrogens is 1730 g/mol. The highest BCUT2D eigenvalue weighted by Gasteiger charge is 2.28. The summed E-state index contributed by atoms with van der Waals surface area (Å²) < 4.78 is 33.0. The number of fused-ring (bicyclic) bond motifs is 27. The highest BCUT2D eigenvalue weighted by atomic mass is 16.3. The van der Waals surface area contributed by atoms with Crippen LogP contribution in [0.15, 0.2) is 474 Å². The highest BCUT2D eigenvalue weighted by Crippen LogP contribution is 2.46. The van der Waals surface area contributed by atoms with Crippen LogP contribution in [0.3, 0.4) is 0 Å². The smallest absolute Gasteiger partial charge is 0.233 e. The molecule has 12 aromatic heterocycles. The van der Waals surface area contributed by atoms with E-state index in [1.165, 1.54) is 97.7 Å². The number of aromatic nitrogens is 12. The summed E-state index contributed by atoms with van der Waals surface area (Å²) in [6.45, 7) is 0. The van der Waals surface area contributed by atoms with Gasteiger partial charge in [0.1, 0.15) is 16.7 Å². The van der Waals surface area contributed by atoms with E-state index in [2.05, 4.69) is 434 Å². The number of nitrogens with zero attached hydrogens (tertiary/aromatic N) is 12. The number of para-hydroxylation sites is 15. The number of furan rings is 3. The number of benzene rings is 19. The molecular formula is C126H76N12O3. The van der Waals surface area contributed by atoms with Crippen molar-refractivity contribution in [3.05, 3.63) is 461 Å². The second-order valence-corrected chi connectivity index (χ2v) is 35.9. The summed E-state index contributed by atoms with van der Waals surface area (Å²) in [6, 6.07) is 161. The van der Waals surface area contributed by atoms with Gasteiger partial charge in [0, 0.05) is 126 Å². The number of hydrogen-bond donors (Lipinski definition) is 0. The lowest BCUT2D eigenvalue weighted by atomic mass is 10.0. The molecule has 0 spiro atoms. The van der Waals surface area contributed by atoms with E-state index in [0.29, 0.717) is 34.6 Å². The molecule has 0 unspecified atom stereocenters. The van der Waals surface area contributed by atoms with Gasteiger partial charge in [-0.25, -0.2) is 15.0 Å². The molecule has 0 bridgehead atoms. The maximum absolute atomic E-state index is 6.43. The summed E-state index contributed by atoms with van der Waals surface area (Å²) in [5.74, 6) is 3.47. The molecule has 12 heterocycles. The second kappa shape index (κ2) is 31.6. The molecule has 0 fully saturated rings. The highest BCUT2D eigenvalue weighted by molar-refractivity contribution is 6.19. The van der Waals surface area contributed by atoms with Crippen molar-refractivity contribution in [2.75, 3.05) is 0 Å². The van der Waals surface area contributed by atoms with E-state index in [9.17, 15) is 0 Å². The Hall–Kier alpha value is -19.4. The lowest BCUT2D eigenvalue weighted by Crippen LogP contribution is -2.02. The summed E-state index contributed by atoms with van der Waals surface area (Å²) in [6.07, 6.45) is 0. The summed E-state index contributed by atoms with van der Waals surface area (Å²) in [5, 5.41) is 20.4. The average molecular weight is 1810 g/mol. The average Bonchev–Trinajstić information content (AvgIpc) is 1.56. The minimum absolute atomic E-state index is 0.570. The first-order valence-corrected chi connectivity index (χ1v) is 47.4. The molecule has 0 amide bonds. The van der Waals surface area contributed by atoms with Gasteiger partial charge in [-0.2, -0.15) is 15.0 Å². The van der Waals surface area contributed by atoms with Crippen LogP contribution < -0.4 is 0 Å². The van der Waals surface area contributed by atoms with E-state index in [-0.39, 0.29) is 0 Å². The van der Waals surface area contributed by atoms with Crippen molar-refractivity contribution in [3.63, 3.8) is 0 Å². The number of rotatable bonds is 10. The van der Waals surface area contributed by atoms with E-state index in [4.69, 9.17) is 43.2 Å². The van der Waals surface area contributed by atoms with Crippen LogP contribution in [-0.4, -0.2) is 57.3 Å². The maximum Gasteiger partial charge on any atom is 0.233 e. The molecule has 0 aliphatic heterocycles. The van der Waals surface area contributed by atoms with E-state index >= 15 is 0 Å². The van der Waals surface area contributed by atoms with Crippen molar-refractivity contribution in [1.82, 2.24) is 57.3 Å².